The van der Waals surface area contributed by atoms with E-state index in [0.717, 1.165) is 5.75 Å². The maximum atomic E-state index is 10.1. The van der Waals surface area contributed by atoms with E-state index in [1.54, 1.807) is 11.8 Å². The predicted octanol–water partition coefficient (Wildman–Crippen LogP) is 0.802. The summed E-state index contributed by atoms with van der Waals surface area (Å²) in [6, 6.07) is 0.407. The number of carboxylic acids is 1. The fourth-order valence-electron chi connectivity index (χ4n) is 0.734. The van der Waals surface area contributed by atoms with Crippen molar-refractivity contribution in [3.05, 3.63) is 0 Å². The molecule has 0 aromatic heterocycles. The maximum Gasteiger partial charge on any atom is 0.304 e. The van der Waals surface area contributed by atoms with Gasteiger partial charge in [-0.25, -0.2) is 0 Å². The number of hydrogen-bond donors (Lipinski definition) is 2. The Morgan fingerprint density at radius 3 is 2.82 bits per heavy atom. The highest BCUT2D eigenvalue weighted by Gasteiger charge is 2.00. The van der Waals surface area contributed by atoms with Crippen LogP contribution in [-0.4, -0.2) is 35.7 Å². The zero-order chi connectivity index (χ0) is 8.69. The predicted molar refractivity (Wildman–Crippen MR) is 48.1 cm³/mol. The average Bonchev–Trinajstić information content (AvgIpc) is 1.87. The Hall–Kier alpha value is -0.220. The van der Waals surface area contributed by atoms with Crippen LogP contribution in [0.4, 0.5) is 0 Å². The highest BCUT2D eigenvalue weighted by atomic mass is 32.2. The van der Waals surface area contributed by atoms with Crippen LogP contribution in [0.15, 0.2) is 0 Å². The van der Waals surface area contributed by atoms with Crippen molar-refractivity contribution >= 4 is 17.7 Å². The molecule has 0 amide bonds. The normalized spacial score (nSPS) is 12.9. The Bertz CT molecular complexity index is 119. The van der Waals surface area contributed by atoms with E-state index in [1.807, 2.05) is 6.26 Å². The Morgan fingerprint density at radius 2 is 2.36 bits per heavy atom. The molecule has 0 fully saturated rings. The second kappa shape index (κ2) is 6.49. The van der Waals surface area contributed by atoms with Gasteiger partial charge < -0.3 is 10.4 Å². The minimum absolute atomic E-state index is 0.207. The van der Waals surface area contributed by atoms with Crippen LogP contribution in [0, 0.1) is 0 Å². The Morgan fingerprint density at radius 1 is 1.73 bits per heavy atom. The van der Waals surface area contributed by atoms with Crippen LogP contribution in [-0.2, 0) is 4.79 Å². The van der Waals surface area contributed by atoms with Crippen molar-refractivity contribution in [2.45, 2.75) is 19.4 Å². The van der Waals surface area contributed by atoms with Crippen LogP contribution >= 0.6 is 11.8 Å². The molecule has 0 saturated carbocycles. The molecule has 66 valence electrons. The van der Waals surface area contributed by atoms with Crippen molar-refractivity contribution in [2.24, 2.45) is 0 Å². The van der Waals surface area contributed by atoms with Crippen LogP contribution in [0.3, 0.4) is 0 Å². The van der Waals surface area contributed by atoms with E-state index in [9.17, 15) is 4.79 Å². The second-order valence-electron chi connectivity index (χ2n) is 2.45. The van der Waals surface area contributed by atoms with Gasteiger partial charge in [0.25, 0.3) is 0 Å². The molecule has 0 spiro atoms. The molecule has 1 unspecified atom stereocenters. The van der Waals surface area contributed by atoms with Gasteiger partial charge in [-0.1, -0.05) is 0 Å². The molecule has 0 rings (SSSR count). The van der Waals surface area contributed by atoms with E-state index in [0.29, 0.717) is 12.6 Å². The molecular formula is C7H15NO2S. The third-order valence-electron chi connectivity index (χ3n) is 1.25. The zero-order valence-corrected chi connectivity index (χ0v) is 7.78. The molecule has 0 aromatic rings. The lowest BCUT2D eigenvalue weighted by Crippen LogP contribution is -2.30. The van der Waals surface area contributed by atoms with Gasteiger partial charge in [-0.2, -0.15) is 11.8 Å². The number of nitrogens with one attached hydrogen (secondary N) is 1. The van der Waals surface area contributed by atoms with Crippen LogP contribution in [0.5, 0.6) is 0 Å². The summed E-state index contributed by atoms with van der Waals surface area (Å²) in [7, 11) is 0. The van der Waals surface area contributed by atoms with Gasteiger partial charge in [-0.15, -0.1) is 0 Å². The van der Waals surface area contributed by atoms with Gasteiger partial charge in [0, 0.05) is 18.3 Å². The van der Waals surface area contributed by atoms with Crippen LogP contribution in [0.25, 0.3) is 0 Å². The van der Waals surface area contributed by atoms with E-state index >= 15 is 0 Å². The smallest absolute Gasteiger partial charge is 0.304 e. The SMILES string of the molecule is CSCC(C)NCCC(=O)O. The summed E-state index contributed by atoms with van der Waals surface area (Å²) >= 11 is 1.76. The average molecular weight is 177 g/mol. The summed E-state index contributed by atoms with van der Waals surface area (Å²) < 4.78 is 0. The first-order chi connectivity index (χ1) is 5.16. The Balaban J connectivity index is 3.16. The van der Waals surface area contributed by atoms with Crippen molar-refractivity contribution in [2.75, 3.05) is 18.6 Å². The first kappa shape index (κ1) is 10.8. The zero-order valence-electron chi connectivity index (χ0n) is 6.96. The van der Waals surface area contributed by atoms with Crippen molar-refractivity contribution < 1.29 is 9.90 Å². The standard InChI is InChI=1S/C7H15NO2S/c1-6(5-11-2)8-4-3-7(9)10/h6,8H,3-5H2,1-2H3,(H,9,10). The van der Waals surface area contributed by atoms with E-state index in [-0.39, 0.29) is 6.42 Å². The fraction of sp³-hybridized carbons (Fsp3) is 0.857. The summed E-state index contributed by atoms with van der Waals surface area (Å²) in [4.78, 5) is 10.1. The highest BCUT2D eigenvalue weighted by molar-refractivity contribution is 7.98. The molecule has 2 N–H and O–H groups in total. The molecule has 4 heteroatoms. The monoisotopic (exact) mass is 177 g/mol. The van der Waals surface area contributed by atoms with Gasteiger partial charge in [-0.05, 0) is 13.2 Å². The molecule has 0 aliphatic carbocycles. The molecule has 0 bridgehead atoms. The molecule has 0 radical (unpaired) electrons. The molecule has 1 atom stereocenters. The van der Waals surface area contributed by atoms with Gasteiger partial charge in [-0.3, -0.25) is 4.79 Å². The first-order valence-corrected chi connectivity index (χ1v) is 5.00. The molecule has 0 heterocycles. The molecule has 0 aliphatic rings. The number of rotatable bonds is 6. The van der Waals surface area contributed by atoms with Gasteiger partial charge in [0.15, 0.2) is 0 Å². The number of thioether (sulfide) groups is 1. The van der Waals surface area contributed by atoms with Gasteiger partial charge in [0.1, 0.15) is 0 Å². The van der Waals surface area contributed by atoms with Crippen molar-refractivity contribution in [1.29, 1.82) is 0 Å². The number of hydrogen-bond acceptors (Lipinski definition) is 3. The Kier molecular flexibility index (Phi) is 6.36. The quantitative estimate of drug-likeness (QED) is 0.630. The molecular weight excluding hydrogens is 162 g/mol. The highest BCUT2D eigenvalue weighted by Crippen LogP contribution is 1.95. The maximum absolute atomic E-state index is 10.1. The third kappa shape index (κ3) is 7.68. The van der Waals surface area contributed by atoms with E-state index in [2.05, 4.69) is 12.2 Å². The third-order valence-corrected chi connectivity index (χ3v) is 2.08. The molecule has 3 nitrogen and oxygen atoms in total. The van der Waals surface area contributed by atoms with Crippen LogP contribution < -0.4 is 5.32 Å². The van der Waals surface area contributed by atoms with E-state index in [1.165, 1.54) is 0 Å². The van der Waals surface area contributed by atoms with Gasteiger partial charge in [0.2, 0.25) is 0 Å². The summed E-state index contributed by atoms with van der Waals surface area (Å²) in [6.45, 7) is 2.62. The largest absolute Gasteiger partial charge is 0.481 e. The van der Waals surface area contributed by atoms with E-state index < -0.39 is 5.97 Å². The van der Waals surface area contributed by atoms with Crippen LogP contribution in [0.1, 0.15) is 13.3 Å². The van der Waals surface area contributed by atoms with Crippen molar-refractivity contribution in [3.63, 3.8) is 0 Å². The molecule has 0 aliphatic heterocycles. The Labute approximate surface area is 71.6 Å². The first-order valence-electron chi connectivity index (χ1n) is 3.61. The van der Waals surface area contributed by atoms with Crippen molar-refractivity contribution in [3.8, 4) is 0 Å². The molecule has 0 aromatic carbocycles. The lowest BCUT2D eigenvalue weighted by molar-refractivity contribution is -0.136. The minimum Gasteiger partial charge on any atom is -0.481 e. The lowest BCUT2D eigenvalue weighted by Gasteiger charge is -2.10. The van der Waals surface area contributed by atoms with Crippen molar-refractivity contribution in [1.82, 2.24) is 5.32 Å². The number of aliphatic carboxylic acids is 1. The summed E-state index contributed by atoms with van der Waals surface area (Å²) in [5, 5.41) is 11.4. The summed E-state index contributed by atoms with van der Waals surface area (Å²) in [5.41, 5.74) is 0. The molecule has 11 heavy (non-hydrogen) atoms. The number of carbonyl (C=O) groups is 1. The summed E-state index contributed by atoms with van der Waals surface area (Å²) in [6.07, 6.45) is 2.24. The minimum atomic E-state index is -0.742. The fourth-order valence-corrected chi connectivity index (χ4v) is 1.35. The van der Waals surface area contributed by atoms with Crippen LogP contribution in [0.2, 0.25) is 0 Å². The van der Waals surface area contributed by atoms with Gasteiger partial charge >= 0.3 is 5.97 Å². The topological polar surface area (TPSA) is 49.3 Å². The summed E-state index contributed by atoms with van der Waals surface area (Å²) in [5.74, 6) is 0.286. The van der Waals surface area contributed by atoms with E-state index in [4.69, 9.17) is 5.11 Å². The second-order valence-corrected chi connectivity index (χ2v) is 3.36. The lowest BCUT2D eigenvalue weighted by atomic mass is 10.3. The van der Waals surface area contributed by atoms with Gasteiger partial charge in [0.05, 0.1) is 6.42 Å². The molecule has 0 saturated heterocycles. The number of carboxylic acid groups (broad SMARTS) is 1.